The Morgan fingerprint density at radius 1 is 1.00 bits per heavy atom. The Morgan fingerprint density at radius 2 is 1.31 bits per heavy atom. The molecular formula is C6H9ClNa2O7. The van der Waals surface area contributed by atoms with Crippen molar-refractivity contribution >= 4 is 88.9 Å². The van der Waals surface area contributed by atoms with Crippen LogP contribution < -0.4 is 0 Å². The average Bonchev–Trinajstić information content (AvgIpc) is 2.00. The van der Waals surface area contributed by atoms with Gasteiger partial charge in [-0.2, -0.15) is 0 Å². The molecule has 0 spiro atoms. The Kier molecular flexibility index (Phi) is 13.2. The molecule has 0 aromatic carbocycles. The zero-order valence-electron chi connectivity index (χ0n) is 6.77. The standard InChI is InChI=1S/C6H7ClO7.2Na.2H/c7-14-6(5(12)13,1-3(8)9)2-4(10)11;;;;/h1-2H2,(H,8,9)(H,10,11)(H,12,13);;;;. The third-order valence-electron chi connectivity index (χ3n) is 1.41. The van der Waals surface area contributed by atoms with E-state index in [2.05, 4.69) is 4.29 Å². The van der Waals surface area contributed by atoms with E-state index in [1.54, 1.807) is 0 Å². The number of rotatable bonds is 6. The van der Waals surface area contributed by atoms with Crippen molar-refractivity contribution in [1.82, 2.24) is 0 Å². The molecule has 0 rings (SSSR count). The molecule has 0 saturated carbocycles. The van der Waals surface area contributed by atoms with Gasteiger partial charge in [0, 0.05) is 0 Å². The predicted molar refractivity (Wildman–Crippen MR) is 56.1 cm³/mol. The van der Waals surface area contributed by atoms with Crippen LogP contribution in [0.3, 0.4) is 0 Å². The number of carboxylic acid groups (broad SMARTS) is 3. The second kappa shape index (κ2) is 9.67. The van der Waals surface area contributed by atoms with E-state index < -0.39 is 36.4 Å². The van der Waals surface area contributed by atoms with Crippen LogP contribution in [0.4, 0.5) is 0 Å². The topological polar surface area (TPSA) is 121 Å². The number of hydrogen-bond acceptors (Lipinski definition) is 4. The summed E-state index contributed by atoms with van der Waals surface area (Å²) >= 11 is 4.80. The molecular weight excluding hydrogens is 265 g/mol. The third-order valence-corrected chi connectivity index (χ3v) is 1.71. The first-order chi connectivity index (χ1) is 6.34. The Balaban J connectivity index is -0.000000845. The summed E-state index contributed by atoms with van der Waals surface area (Å²) in [6.45, 7) is 0. The minimum atomic E-state index is -2.43. The molecule has 7 nitrogen and oxygen atoms in total. The molecule has 0 amide bonds. The second-order valence-corrected chi connectivity index (χ2v) is 2.67. The average molecular weight is 275 g/mol. The van der Waals surface area contributed by atoms with E-state index in [0.717, 1.165) is 0 Å². The zero-order chi connectivity index (χ0) is 11.4. The van der Waals surface area contributed by atoms with Crippen molar-refractivity contribution in [3.8, 4) is 0 Å². The fourth-order valence-corrected chi connectivity index (χ4v) is 0.965. The van der Waals surface area contributed by atoms with Crippen molar-refractivity contribution in [2.24, 2.45) is 0 Å². The number of hydrogen-bond donors (Lipinski definition) is 3. The summed E-state index contributed by atoms with van der Waals surface area (Å²) in [5.41, 5.74) is -2.43. The Bertz CT molecular complexity index is 254. The van der Waals surface area contributed by atoms with Gasteiger partial charge in [-0.1, -0.05) is 0 Å². The van der Waals surface area contributed by atoms with Gasteiger partial charge in [-0.05, 0) is 0 Å². The van der Waals surface area contributed by atoms with Crippen LogP contribution >= 0.6 is 11.9 Å². The fraction of sp³-hybridized carbons (Fsp3) is 0.500. The van der Waals surface area contributed by atoms with Crippen LogP contribution in [-0.4, -0.2) is 97.9 Å². The first-order valence-corrected chi connectivity index (χ1v) is 3.61. The first-order valence-electron chi connectivity index (χ1n) is 3.31. The summed E-state index contributed by atoms with van der Waals surface area (Å²) in [6, 6.07) is 0. The summed E-state index contributed by atoms with van der Waals surface area (Å²) in [6.07, 6.45) is -2.06. The molecule has 0 saturated heterocycles. The fourth-order valence-electron chi connectivity index (χ4n) is 0.790. The molecule has 0 bridgehead atoms. The molecule has 0 unspecified atom stereocenters. The van der Waals surface area contributed by atoms with Crippen molar-refractivity contribution in [3.05, 3.63) is 0 Å². The van der Waals surface area contributed by atoms with E-state index in [0.29, 0.717) is 0 Å². The van der Waals surface area contributed by atoms with Gasteiger partial charge in [0.15, 0.2) is 0 Å². The van der Waals surface area contributed by atoms with Crippen LogP contribution in [0.25, 0.3) is 0 Å². The molecule has 0 aromatic rings. The second-order valence-electron chi connectivity index (χ2n) is 2.52. The summed E-state index contributed by atoms with van der Waals surface area (Å²) < 4.78 is 3.93. The van der Waals surface area contributed by atoms with Crippen LogP contribution in [0, 0.1) is 0 Å². The van der Waals surface area contributed by atoms with E-state index in [1.165, 1.54) is 0 Å². The third kappa shape index (κ3) is 7.08. The SMILES string of the molecule is O=C(O)CC(CC(=O)O)(OCl)C(=O)O.[NaH].[NaH]. The molecule has 0 aromatic heterocycles. The van der Waals surface area contributed by atoms with Gasteiger partial charge in [-0.15, -0.1) is 0 Å². The quantitative estimate of drug-likeness (QED) is 0.511. The Hall–Kier alpha value is 0.660. The molecule has 0 atom stereocenters. The van der Waals surface area contributed by atoms with Gasteiger partial charge in [-0.25, -0.2) is 4.79 Å². The molecule has 0 heterocycles. The van der Waals surface area contributed by atoms with Gasteiger partial charge in [0.1, 0.15) is 0 Å². The van der Waals surface area contributed by atoms with Crippen molar-refractivity contribution in [2.75, 3.05) is 0 Å². The first kappa shape index (κ1) is 21.9. The summed E-state index contributed by atoms with van der Waals surface area (Å²) in [7, 11) is 0. The van der Waals surface area contributed by atoms with Gasteiger partial charge in [-0.3, -0.25) is 13.9 Å². The molecule has 10 heteroatoms. The van der Waals surface area contributed by atoms with Crippen molar-refractivity contribution in [2.45, 2.75) is 18.4 Å². The normalized spacial score (nSPS) is 9.56. The summed E-state index contributed by atoms with van der Waals surface area (Å²) in [4.78, 5) is 31.1. The minimum absolute atomic E-state index is 0. The van der Waals surface area contributed by atoms with Crippen LogP contribution in [-0.2, 0) is 18.7 Å². The molecule has 0 aliphatic carbocycles. The van der Waals surface area contributed by atoms with Gasteiger partial charge in [0.2, 0.25) is 5.60 Å². The van der Waals surface area contributed by atoms with E-state index in [1.807, 2.05) is 0 Å². The van der Waals surface area contributed by atoms with Crippen LogP contribution in [0.5, 0.6) is 0 Å². The number of carbonyl (C=O) groups is 3. The maximum absolute atomic E-state index is 10.6. The van der Waals surface area contributed by atoms with Gasteiger partial charge in [0.25, 0.3) is 0 Å². The van der Waals surface area contributed by atoms with Crippen LogP contribution in [0.15, 0.2) is 0 Å². The molecule has 0 aliphatic rings. The molecule has 0 fully saturated rings. The van der Waals surface area contributed by atoms with Crippen LogP contribution in [0.2, 0.25) is 0 Å². The van der Waals surface area contributed by atoms with Crippen molar-refractivity contribution < 1.29 is 34.0 Å². The predicted octanol–water partition coefficient (Wildman–Crippen LogP) is -1.37. The molecule has 84 valence electrons. The van der Waals surface area contributed by atoms with E-state index in [-0.39, 0.29) is 59.1 Å². The number of halogens is 1. The molecule has 0 radical (unpaired) electrons. The van der Waals surface area contributed by atoms with Gasteiger partial charge < -0.3 is 15.3 Å². The van der Waals surface area contributed by atoms with E-state index >= 15 is 0 Å². The maximum atomic E-state index is 10.6. The van der Waals surface area contributed by atoms with Gasteiger partial charge in [0.05, 0.1) is 24.7 Å². The monoisotopic (exact) mass is 274 g/mol. The molecule has 0 aliphatic heterocycles. The van der Waals surface area contributed by atoms with Crippen molar-refractivity contribution in [1.29, 1.82) is 0 Å². The van der Waals surface area contributed by atoms with E-state index in [4.69, 9.17) is 27.2 Å². The Morgan fingerprint density at radius 3 is 1.44 bits per heavy atom. The number of carboxylic acids is 3. The summed E-state index contributed by atoms with van der Waals surface area (Å²) in [5, 5.41) is 25.3. The van der Waals surface area contributed by atoms with E-state index in [9.17, 15) is 14.4 Å². The molecule has 16 heavy (non-hydrogen) atoms. The molecule has 3 N–H and O–H groups in total. The van der Waals surface area contributed by atoms with Crippen molar-refractivity contribution in [3.63, 3.8) is 0 Å². The zero-order valence-corrected chi connectivity index (χ0v) is 7.52. The Labute approximate surface area is 140 Å². The van der Waals surface area contributed by atoms with Gasteiger partial charge >= 0.3 is 77.0 Å². The summed E-state index contributed by atoms with van der Waals surface area (Å²) in [5.74, 6) is -4.78. The van der Waals surface area contributed by atoms with Crippen LogP contribution in [0.1, 0.15) is 12.8 Å². The number of aliphatic carboxylic acids is 3.